The summed E-state index contributed by atoms with van der Waals surface area (Å²) in [7, 11) is 0. The second-order valence-corrected chi connectivity index (χ2v) is 8.65. The molecule has 5 rings (SSSR count). The number of nitrogens with one attached hydrogen (secondary N) is 1. The van der Waals surface area contributed by atoms with Gasteiger partial charge in [0, 0.05) is 61.7 Å². The van der Waals surface area contributed by atoms with Crippen molar-refractivity contribution in [1.82, 2.24) is 19.9 Å². The van der Waals surface area contributed by atoms with Crippen LogP contribution in [0.4, 0.5) is 0 Å². The number of hydrogen-bond acceptors (Lipinski definition) is 5. The lowest BCUT2D eigenvalue weighted by atomic mass is 9.92. The number of hydrazone groups is 1. The van der Waals surface area contributed by atoms with Crippen LogP contribution in [0.25, 0.3) is 11.0 Å². The quantitative estimate of drug-likeness (QED) is 0.833. The van der Waals surface area contributed by atoms with Crippen molar-refractivity contribution in [2.75, 3.05) is 19.6 Å². The molecule has 0 aromatic carbocycles. The number of likely N-dealkylation sites (tertiary alicyclic amines) is 1. The molecule has 1 fully saturated rings. The molecule has 158 valence electrons. The molecule has 1 saturated heterocycles. The van der Waals surface area contributed by atoms with Crippen molar-refractivity contribution in [3.05, 3.63) is 53.9 Å². The number of carbonyl (C=O) groups is 1. The van der Waals surface area contributed by atoms with E-state index < -0.39 is 0 Å². The van der Waals surface area contributed by atoms with Gasteiger partial charge >= 0.3 is 0 Å². The van der Waals surface area contributed by atoms with Crippen LogP contribution < -0.4 is 5.43 Å². The van der Waals surface area contributed by atoms with E-state index in [0.717, 1.165) is 55.6 Å². The number of carbonyl (C=O) groups excluding carboxylic acids is 1. The summed E-state index contributed by atoms with van der Waals surface area (Å²) >= 11 is 0. The highest BCUT2D eigenvalue weighted by Crippen LogP contribution is 2.26. The first-order valence-corrected chi connectivity index (χ1v) is 11.0. The molecule has 1 N–H and O–H groups in total. The van der Waals surface area contributed by atoms with E-state index in [4.69, 9.17) is 10.2 Å². The number of piperidine rings is 1. The number of pyridine rings is 1. The summed E-state index contributed by atoms with van der Waals surface area (Å²) in [6, 6.07) is 6.59. The van der Waals surface area contributed by atoms with E-state index in [2.05, 4.69) is 39.5 Å². The van der Waals surface area contributed by atoms with Crippen LogP contribution in [-0.2, 0) is 11.3 Å². The maximum atomic E-state index is 12.8. The molecule has 2 atom stereocenters. The van der Waals surface area contributed by atoms with E-state index in [9.17, 15) is 4.79 Å². The topological polar surface area (TPSA) is 86.3 Å². The molecule has 2 unspecified atom stereocenters. The van der Waals surface area contributed by atoms with Gasteiger partial charge in [0.15, 0.2) is 0 Å². The zero-order valence-corrected chi connectivity index (χ0v) is 17.4. The highest BCUT2D eigenvalue weighted by Gasteiger charge is 2.27. The van der Waals surface area contributed by atoms with Crippen LogP contribution in [0.1, 0.15) is 30.7 Å². The third-order valence-electron chi connectivity index (χ3n) is 6.59. The number of amides is 1. The van der Waals surface area contributed by atoms with Crippen LogP contribution in [0, 0.1) is 23.2 Å². The highest BCUT2D eigenvalue weighted by molar-refractivity contribution is 5.94. The Balaban J connectivity index is 1.20. The van der Waals surface area contributed by atoms with Gasteiger partial charge in [0.25, 0.3) is 0 Å². The molecule has 3 aliphatic rings. The molecule has 0 bridgehead atoms. The Morgan fingerprint density at radius 2 is 2.19 bits per heavy atom. The first kappa shape index (κ1) is 19.6. The standard InChI is InChI=1S/C24H26N6O/c25-12-18-2-1-3-20(10-18)24(31)29-7-4-17(5-8-29)16-30-9-6-19-11-21(13-26-23(19)30)22-14-27-28-15-22/h1-3,6,9,11,13-14,17-18,22,28H,4-5,7-8,10,15-16H2. The summed E-state index contributed by atoms with van der Waals surface area (Å²) in [5.41, 5.74) is 5.97. The summed E-state index contributed by atoms with van der Waals surface area (Å²) < 4.78 is 2.24. The van der Waals surface area contributed by atoms with Gasteiger partial charge in [-0.05, 0) is 42.9 Å². The number of allylic oxidation sites excluding steroid dienone is 3. The number of hydrogen-bond donors (Lipinski definition) is 1. The van der Waals surface area contributed by atoms with E-state index >= 15 is 0 Å². The third kappa shape index (κ3) is 3.98. The lowest BCUT2D eigenvalue weighted by molar-refractivity contribution is -0.128. The van der Waals surface area contributed by atoms with Crippen molar-refractivity contribution >= 4 is 23.2 Å². The van der Waals surface area contributed by atoms with Gasteiger partial charge in [-0.15, -0.1) is 0 Å². The van der Waals surface area contributed by atoms with Crippen LogP contribution in [0.5, 0.6) is 0 Å². The molecule has 31 heavy (non-hydrogen) atoms. The maximum Gasteiger partial charge on any atom is 0.249 e. The molecule has 0 radical (unpaired) electrons. The van der Waals surface area contributed by atoms with Gasteiger partial charge in [-0.1, -0.05) is 18.2 Å². The summed E-state index contributed by atoms with van der Waals surface area (Å²) in [4.78, 5) is 19.5. The van der Waals surface area contributed by atoms with Crippen molar-refractivity contribution in [2.24, 2.45) is 16.9 Å². The van der Waals surface area contributed by atoms with E-state index in [1.165, 1.54) is 5.56 Å². The summed E-state index contributed by atoms with van der Waals surface area (Å²) in [5.74, 6) is 0.724. The summed E-state index contributed by atoms with van der Waals surface area (Å²) in [5, 5.41) is 14.4. The predicted molar refractivity (Wildman–Crippen MR) is 119 cm³/mol. The van der Waals surface area contributed by atoms with Gasteiger partial charge in [0.1, 0.15) is 5.65 Å². The molecule has 1 amide bonds. The average molecular weight is 415 g/mol. The Hall–Kier alpha value is -3.40. The number of nitriles is 1. The monoisotopic (exact) mass is 414 g/mol. The third-order valence-corrected chi connectivity index (χ3v) is 6.59. The molecule has 2 aromatic heterocycles. The van der Waals surface area contributed by atoms with Crippen molar-refractivity contribution in [1.29, 1.82) is 5.26 Å². The number of nitrogens with zero attached hydrogens (tertiary/aromatic N) is 5. The molecule has 7 heteroatoms. The smallest absolute Gasteiger partial charge is 0.249 e. The molecule has 0 spiro atoms. The highest BCUT2D eigenvalue weighted by atomic mass is 16.2. The molecule has 2 aliphatic heterocycles. The second kappa shape index (κ2) is 8.38. The minimum absolute atomic E-state index is 0.0913. The maximum absolute atomic E-state index is 12.8. The Kier molecular flexibility index (Phi) is 5.29. The normalized spacial score (nSPS) is 23.6. The lowest BCUT2D eigenvalue weighted by Gasteiger charge is -2.33. The Morgan fingerprint density at radius 3 is 2.97 bits per heavy atom. The van der Waals surface area contributed by atoms with Gasteiger partial charge < -0.3 is 14.9 Å². The van der Waals surface area contributed by atoms with E-state index in [1.54, 1.807) is 0 Å². The first-order chi connectivity index (χ1) is 15.2. The largest absolute Gasteiger partial charge is 0.339 e. The lowest BCUT2D eigenvalue weighted by Crippen LogP contribution is -2.40. The first-order valence-electron chi connectivity index (χ1n) is 11.0. The SMILES string of the molecule is N#CC1C=CC=C(C(=O)N2CCC(Cn3ccc4cc(C5C=NNC5)cnc43)CC2)C1. The molecule has 1 aliphatic carbocycles. The fraction of sp³-hybridized carbons (Fsp3) is 0.417. The van der Waals surface area contributed by atoms with Gasteiger partial charge in [-0.3, -0.25) is 4.79 Å². The summed E-state index contributed by atoms with van der Waals surface area (Å²) in [6.45, 7) is 3.29. The van der Waals surface area contributed by atoms with Crippen molar-refractivity contribution in [3.8, 4) is 6.07 Å². The average Bonchev–Trinajstić information content (AvgIpc) is 3.49. The van der Waals surface area contributed by atoms with Gasteiger partial charge in [-0.25, -0.2) is 4.98 Å². The van der Waals surface area contributed by atoms with Crippen LogP contribution in [0.3, 0.4) is 0 Å². The van der Waals surface area contributed by atoms with E-state index in [0.29, 0.717) is 18.3 Å². The fourth-order valence-corrected chi connectivity index (χ4v) is 4.72. The zero-order valence-electron chi connectivity index (χ0n) is 17.4. The number of aromatic nitrogens is 2. The molecular weight excluding hydrogens is 388 g/mol. The Labute approximate surface area is 181 Å². The van der Waals surface area contributed by atoms with Crippen molar-refractivity contribution in [2.45, 2.75) is 31.7 Å². The van der Waals surface area contributed by atoms with Crippen molar-refractivity contribution in [3.63, 3.8) is 0 Å². The minimum atomic E-state index is -0.186. The molecule has 4 heterocycles. The molecule has 0 saturated carbocycles. The minimum Gasteiger partial charge on any atom is -0.339 e. The summed E-state index contributed by atoms with van der Waals surface area (Å²) in [6.07, 6.45) is 14.1. The predicted octanol–water partition coefficient (Wildman–Crippen LogP) is 2.97. The van der Waals surface area contributed by atoms with Crippen LogP contribution in [-0.4, -0.2) is 46.2 Å². The number of fused-ring (bicyclic) bond motifs is 1. The van der Waals surface area contributed by atoms with Crippen molar-refractivity contribution < 1.29 is 4.79 Å². The number of rotatable bonds is 4. The Bertz CT molecular complexity index is 1110. The molecule has 7 nitrogen and oxygen atoms in total. The Morgan fingerprint density at radius 1 is 1.32 bits per heavy atom. The van der Waals surface area contributed by atoms with Gasteiger partial charge in [-0.2, -0.15) is 10.4 Å². The van der Waals surface area contributed by atoms with E-state index in [1.807, 2.05) is 35.5 Å². The molecule has 2 aromatic rings. The fourth-order valence-electron chi connectivity index (χ4n) is 4.72. The molecular formula is C24H26N6O. The van der Waals surface area contributed by atoms with Gasteiger partial charge in [0.2, 0.25) is 5.91 Å². The zero-order chi connectivity index (χ0) is 21.2. The second-order valence-electron chi connectivity index (χ2n) is 8.65. The van der Waals surface area contributed by atoms with Crippen LogP contribution in [0.2, 0.25) is 0 Å². The van der Waals surface area contributed by atoms with Crippen LogP contribution >= 0.6 is 0 Å². The van der Waals surface area contributed by atoms with Gasteiger partial charge in [0.05, 0.1) is 12.0 Å². The van der Waals surface area contributed by atoms with Crippen LogP contribution in [0.15, 0.2) is 53.4 Å². The van der Waals surface area contributed by atoms with E-state index in [-0.39, 0.29) is 11.8 Å².